The fourth-order valence-electron chi connectivity index (χ4n) is 2.27. The Morgan fingerprint density at radius 2 is 2.06 bits per heavy atom. The Kier molecular flexibility index (Phi) is 6.06. The van der Waals surface area contributed by atoms with E-state index in [0.29, 0.717) is 11.7 Å². The summed E-state index contributed by atoms with van der Waals surface area (Å²) in [7, 11) is 0. The lowest BCUT2D eigenvalue weighted by molar-refractivity contribution is 0.387. The number of phenolic OH excluding ortho intramolecular Hbond substituents is 1. The van der Waals surface area contributed by atoms with Crippen LogP contribution < -0.4 is 5.32 Å². The first-order valence-electron chi connectivity index (χ1n) is 6.60. The van der Waals surface area contributed by atoms with Crippen LogP contribution in [0, 0.1) is 11.8 Å². The molecule has 0 radical (unpaired) electrons. The molecule has 1 atom stereocenters. The van der Waals surface area contributed by atoms with Crippen molar-refractivity contribution in [2.45, 2.75) is 33.6 Å². The van der Waals surface area contributed by atoms with Gasteiger partial charge in [-0.25, -0.2) is 0 Å². The molecule has 0 fully saturated rings. The molecule has 1 rings (SSSR count). The Balaban J connectivity index is 2.58. The highest BCUT2D eigenvalue weighted by Crippen LogP contribution is 2.19. The number of phenols is 1. The predicted molar refractivity (Wildman–Crippen MR) is 73.3 cm³/mol. The van der Waals surface area contributed by atoms with Crippen LogP contribution in [0.1, 0.15) is 32.8 Å². The number of nitrogens with one attached hydrogen (secondary N) is 1. The third-order valence-corrected chi connectivity index (χ3v) is 2.92. The van der Waals surface area contributed by atoms with Gasteiger partial charge in [0.1, 0.15) is 5.75 Å². The average Bonchev–Trinajstić information content (AvgIpc) is 2.25. The lowest BCUT2D eigenvalue weighted by Gasteiger charge is -2.19. The Morgan fingerprint density at radius 1 is 1.29 bits per heavy atom. The van der Waals surface area contributed by atoms with Gasteiger partial charge in [0.2, 0.25) is 0 Å². The summed E-state index contributed by atoms with van der Waals surface area (Å²) >= 11 is 0. The topological polar surface area (TPSA) is 32.3 Å². The third kappa shape index (κ3) is 5.73. The second kappa shape index (κ2) is 7.33. The van der Waals surface area contributed by atoms with Crippen LogP contribution >= 0.6 is 0 Å². The van der Waals surface area contributed by atoms with E-state index in [9.17, 15) is 5.11 Å². The van der Waals surface area contributed by atoms with Crippen molar-refractivity contribution < 1.29 is 5.11 Å². The molecule has 0 aliphatic rings. The molecule has 2 heteroatoms. The summed E-state index contributed by atoms with van der Waals surface area (Å²) < 4.78 is 0. The summed E-state index contributed by atoms with van der Waals surface area (Å²) in [4.78, 5) is 0. The fourth-order valence-corrected chi connectivity index (χ4v) is 2.27. The molecule has 1 unspecified atom stereocenters. The standard InChI is InChI=1S/C15H25NO/c1-4-16-11-14(8-12(2)3)9-13-6-5-7-15(17)10-13/h5-7,10,12,14,16-17H,4,8-9,11H2,1-3H3. The first-order chi connectivity index (χ1) is 8.11. The molecule has 1 aromatic carbocycles. The van der Waals surface area contributed by atoms with Crippen LogP contribution in [0.3, 0.4) is 0 Å². The van der Waals surface area contributed by atoms with Gasteiger partial charge in [-0.3, -0.25) is 0 Å². The van der Waals surface area contributed by atoms with Gasteiger partial charge in [-0.1, -0.05) is 32.9 Å². The molecule has 0 aromatic heterocycles. The Labute approximate surface area is 105 Å². The van der Waals surface area contributed by atoms with Gasteiger partial charge in [0.15, 0.2) is 0 Å². The molecule has 0 heterocycles. The van der Waals surface area contributed by atoms with E-state index in [2.05, 4.69) is 32.2 Å². The maximum absolute atomic E-state index is 9.47. The number of hydrogen-bond acceptors (Lipinski definition) is 2. The van der Waals surface area contributed by atoms with E-state index in [1.165, 1.54) is 12.0 Å². The van der Waals surface area contributed by atoms with Gasteiger partial charge in [-0.15, -0.1) is 0 Å². The summed E-state index contributed by atoms with van der Waals surface area (Å²) in [6.07, 6.45) is 2.27. The van der Waals surface area contributed by atoms with E-state index in [1.54, 1.807) is 6.07 Å². The molecule has 0 aliphatic carbocycles. The van der Waals surface area contributed by atoms with E-state index < -0.39 is 0 Å². The van der Waals surface area contributed by atoms with Crippen molar-refractivity contribution in [2.75, 3.05) is 13.1 Å². The zero-order valence-corrected chi connectivity index (χ0v) is 11.2. The Morgan fingerprint density at radius 3 is 2.65 bits per heavy atom. The molecule has 1 aromatic rings. The van der Waals surface area contributed by atoms with E-state index >= 15 is 0 Å². The minimum Gasteiger partial charge on any atom is -0.508 e. The highest BCUT2D eigenvalue weighted by molar-refractivity contribution is 5.27. The second-order valence-corrected chi connectivity index (χ2v) is 5.18. The van der Waals surface area contributed by atoms with Crippen LogP contribution in [0.2, 0.25) is 0 Å². The largest absolute Gasteiger partial charge is 0.508 e. The molecule has 2 N–H and O–H groups in total. The van der Waals surface area contributed by atoms with E-state index in [0.717, 1.165) is 25.4 Å². The maximum Gasteiger partial charge on any atom is 0.115 e. The summed E-state index contributed by atoms with van der Waals surface area (Å²) in [5.41, 5.74) is 1.23. The summed E-state index contributed by atoms with van der Waals surface area (Å²) in [6, 6.07) is 7.62. The van der Waals surface area contributed by atoms with Crippen molar-refractivity contribution in [1.29, 1.82) is 0 Å². The molecule has 96 valence electrons. The molecule has 0 amide bonds. The monoisotopic (exact) mass is 235 g/mol. The number of benzene rings is 1. The number of rotatable bonds is 7. The van der Waals surface area contributed by atoms with Crippen LogP contribution in [0.5, 0.6) is 5.75 Å². The highest BCUT2D eigenvalue weighted by atomic mass is 16.3. The lowest BCUT2D eigenvalue weighted by Crippen LogP contribution is -2.25. The molecule has 17 heavy (non-hydrogen) atoms. The minimum absolute atomic E-state index is 0.370. The van der Waals surface area contributed by atoms with Gasteiger partial charge in [0.05, 0.1) is 0 Å². The molecule has 0 spiro atoms. The second-order valence-electron chi connectivity index (χ2n) is 5.18. The van der Waals surface area contributed by atoms with Crippen LogP contribution in [0.25, 0.3) is 0 Å². The van der Waals surface area contributed by atoms with E-state index in [-0.39, 0.29) is 0 Å². The van der Waals surface area contributed by atoms with Crippen molar-refractivity contribution >= 4 is 0 Å². The van der Waals surface area contributed by atoms with Crippen LogP contribution in [0.4, 0.5) is 0 Å². The van der Waals surface area contributed by atoms with Crippen LogP contribution in [-0.2, 0) is 6.42 Å². The zero-order valence-electron chi connectivity index (χ0n) is 11.2. The fraction of sp³-hybridized carbons (Fsp3) is 0.600. The first kappa shape index (κ1) is 14.0. The van der Waals surface area contributed by atoms with Crippen LogP contribution in [0.15, 0.2) is 24.3 Å². The zero-order chi connectivity index (χ0) is 12.7. The average molecular weight is 235 g/mol. The smallest absolute Gasteiger partial charge is 0.115 e. The van der Waals surface area contributed by atoms with Gasteiger partial charge >= 0.3 is 0 Å². The van der Waals surface area contributed by atoms with Crippen molar-refractivity contribution in [2.24, 2.45) is 11.8 Å². The van der Waals surface area contributed by atoms with Crippen molar-refractivity contribution in [1.82, 2.24) is 5.32 Å². The van der Waals surface area contributed by atoms with E-state index in [1.807, 2.05) is 12.1 Å². The molecule has 2 nitrogen and oxygen atoms in total. The van der Waals surface area contributed by atoms with Gasteiger partial charge in [0, 0.05) is 0 Å². The Hall–Kier alpha value is -1.02. The van der Waals surface area contributed by atoms with Crippen molar-refractivity contribution in [3.63, 3.8) is 0 Å². The molecule has 0 saturated heterocycles. The van der Waals surface area contributed by atoms with Gasteiger partial charge in [0.25, 0.3) is 0 Å². The molecule has 0 saturated carbocycles. The summed E-state index contributed by atoms with van der Waals surface area (Å²) in [6.45, 7) is 8.75. The Bertz CT molecular complexity index is 322. The lowest BCUT2D eigenvalue weighted by atomic mass is 9.91. The van der Waals surface area contributed by atoms with Crippen molar-refractivity contribution in [3.8, 4) is 5.75 Å². The van der Waals surface area contributed by atoms with Gasteiger partial charge < -0.3 is 10.4 Å². The predicted octanol–water partition coefficient (Wildman–Crippen LogP) is 3.21. The van der Waals surface area contributed by atoms with Gasteiger partial charge in [-0.05, 0) is 55.5 Å². The molecular formula is C15H25NO. The number of hydrogen-bond donors (Lipinski definition) is 2. The molecular weight excluding hydrogens is 210 g/mol. The number of aromatic hydroxyl groups is 1. The van der Waals surface area contributed by atoms with Crippen molar-refractivity contribution in [3.05, 3.63) is 29.8 Å². The van der Waals surface area contributed by atoms with Gasteiger partial charge in [-0.2, -0.15) is 0 Å². The summed E-state index contributed by atoms with van der Waals surface area (Å²) in [5.74, 6) is 1.74. The quantitative estimate of drug-likeness (QED) is 0.760. The SMILES string of the molecule is CCNCC(Cc1cccc(O)c1)CC(C)C. The van der Waals surface area contributed by atoms with E-state index in [4.69, 9.17) is 0 Å². The van der Waals surface area contributed by atoms with Crippen LogP contribution in [-0.4, -0.2) is 18.2 Å². The normalized spacial score (nSPS) is 12.9. The first-order valence-corrected chi connectivity index (χ1v) is 6.60. The summed E-state index contributed by atoms with van der Waals surface area (Å²) in [5, 5.41) is 12.9. The molecule has 0 aliphatic heterocycles. The third-order valence-electron chi connectivity index (χ3n) is 2.92. The molecule has 0 bridgehead atoms. The minimum atomic E-state index is 0.370. The highest BCUT2D eigenvalue weighted by Gasteiger charge is 2.11. The maximum atomic E-state index is 9.47.